The summed E-state index contributed by atoms with van der Waals surface area (Å²) >= 11 is 6.23. The van der Waals surface area contributed by atoms with Crippen LogP contribution >= 0.6 is 11.6 Å². The molecule has 2 saturated heterocycles. The number of halogens is 2. The molecule has 5 nitrogen and oxygen atoms in total. The fourth-order valence-electron chi connectivity index (χ4n) is 5.50. The van der Waals surface area contributed by atoms with E-state index < -0.39 is 5.41 Å². The number of para-hydroxylation sites is 1. The SMILES string of the molecule is O=C(NC1CCN(Cc2cccc(Oc3ccccc3Cl)c2)CC1)C1(c2ccccc2F)CCNCC1. The maximum absolute atomic E-state index is 14.8. The Balaban J connectivity index is 1.18. The van der Waals surface area contributed by atoms with Gasteiger partial charge >= 0.3 is 0 Å². The normalized spacial score (nSPS) is 18.3. The number of rotatable bonds is 7. The second kappa shape index (κ2) is 11.6. The lowest BCUT2D eigenvalue weighted by Crippen LogP contribution is -2.55. The minimum absolute atomic E-state index is 0.0398. The Morgan fingerprint density at radius 3 is 2.51 bits per heavy atom. The van der Waals surface area contributed by atoms with Gasteiger partial charge in [-0.2, -0.15) is 0 Å². The Labute approximate surface area is 223 Å². The molecule has 3 aromatic rings. The van der Waals surface area contributed by atoms with Gasteiger partial charge in [0.1, 0.15) is 17.3 Å². The number of piperidine rings is 2. The van der Waals surface area contributed by atoms with Crippen molar-refractivity contribution in [1.29, 1.82) is 0 Å². The van der Waals surface area contributed by atoms with E-state index in [1.165, 1.54) is 11.6 Å². The summed E-state index contributed by atoms with van der Waals surface area (Å²) in [5.41, 5.74) is 0.876. The highest BCUT2D eigenvalue weighted by Crippen LogP contribution is 2.36. The number of ether oxygens (including phenoxy) is 1. The van der Waals surface area contributed by atoms with Gasteiger partial charge in [0, 0.05) is 31.2 Å². The predicted molar refractivity (Wildman–Crippen MR) is 145 cm³/mol. The lowest BCUT2D eigenvalue weighted by atomic mass is 9.72. The van der Waals surface area contributed by atoms with E-state index in [9.17, 15) is 9.18 Å². The van der Waals surface area contributed by atoms with Crippen LogP contribution in [0.2, 0.25) is 5.02 Å². The molecule has 2 fully saturated rings. The zero-order chi connectivity index (χ0) is 25.7. The van der Waals surface area contributed by atoms with Crippen molar-refractivity contribution in [3.8, 4) is 11.5 Å². The third-order valence-electron chi connectivity index (χ3n) is 7.57. The van der Waals surface area contributed by atoms with Crippen LogP contribution < -0.4 is 15.4 Å². The van der Waals surface area contributed by atoms with Crippen LogP contribution in [0.15, 0.2) is 72.8 Å². The van der Waals surface area contributed by atoms with Crippen molar-refractivity contribution < 1.29 is 13.9 Å². The number of nitrogens with zero attached hydrogens (tertiary/aromatic N) is 1. The molecular formula is C30H33ClFN3O2. The Morgan fingerprint density at radius 1 is 1.03 bits per heavy atom. The Kier molecular flexibility index (Phi) is 8.08. The summed E-state index contributed by atoms with van der Waals surface area (Å²) in [5, 5.41) is 7.18. The van der Waals surface area contributed by atoms with E-state index in [0.717, 1.165) is 38.2 Å². The third-order valence-corrected chi connectivity index (χ3v) is 7.89. The molecule has 0 unspecified atom stereocenters. The van der Waals surface area contributed by atoms with Gasteiger partial charge in [-0.05, 0) is 74.7 Å². The van der Waals surface area contributed by atoms with Gasteiger partial charge < -0.3 is 15.4 Å². The summed E-state index contributed by atoms with van der Waals surface area (Å²) in [5.74, 6) is 1.06. The summed E-state index contributed by atoms with van der Waals surface area (Å²) in [7, 11) is 0. The number of carbonyl (C=O) groups excluding carboxylic acids is 1. The number of benzene rings is 3. The molecule has 0 radical (unpaired) electrons. The molecule has 1 amide bonds. The van der Waals surface area contributed by atoms with E-state index in [2.05, 4.69) is 21.6 Å². The van der Waals surface area contributed by atoms with Crippen LogP contribution in [0.3, 0.4) is 0 Å². The monoisotopic (exact) mass is 521 g/mol. The first-order valence-corrected chi connectivity index (χ1v) is 13.4. The Bertz CT molecular complexity index is 1220. The van der Waals surface area contributed by atoms with Gasteiger partial charge in [-0.25, -0.2) is 4.39 Å². The van der Waals surface area contributed by atoms with Crippen molar-refractivity contribution in [2.75, 3.05) is 26.2 Å². The first kappa shape index (κ1) is 25.7. The molecule has 0 bridgehead atoms. The molecule has 5 rings (SSSR count). The van der Waals surface area contributed by atoms with Gasteiger partial charge in [-0.3, -0.25) is 9.69 Å². The van der Waals surface area contributed by atoms with Crippen LogP contribution in [-0.4, -0.2) is 43.0 Å². The number of nitrogens with one attached hydrogen (secondary N) is 2. The highest BCUT2D eigenvalue weighted by atomic mass is 35.5. The van der Waals surface area contributed by atoms with E-state index in [0.29, 0.717) is 42.3 Å². The van der Waals surface area contributed by atoms with Crippen LogP contribution in [0.1, 0.15) is 36.8 Å². The molecule has 37 heavy (non-hydrogen) atoms. The number of likely N-dealkylation sites (tertiary alicyclic amines) is 1. The summed E-state index contributed by atoms with van der Waals surface area (Å²) in [4.78, 5) is 16.0. The van der Waals surface area contributed by atoms with Crippen LogP contribution in [0.25, 0.3) is 0 Å². The van der Waals surface area contributed by atoms with Crippen molar-refractivity contribution in [1.82, 2.24) is 15.5 Å². The van der Waals surface area contributed by atoms with Crippen LogP contribution in [0.5, 0.6) is 11.5 Å². The molecule has 0 aliphatic carbocycles. The summed E-state index contributed by atoms with van der Waals surface area (Å²) in [6.07, 6.45) is 2.94. The molecule has 7 heteroatoms. The highest BCUT2D eigenvalue weighted by Gasteiger charge is 2.43. The molecule has 0 spiro atoms. The van der Waals surface area contributed by atoms with E-state index in [4.69, 9.17) is 16.3 Å². The van der Waals surface area contributed by atoms with Crippen molar-refractivity contribution in [2.24, 2.45) is 0 Å². The quantitative estimate of drug-likeness (QED) is 0.420. The fourth-order valence-corrected chi connectivity index (χ4v) is 5.67. The first-order chi connectivity index (χ1) is 18.0. The van der Waals surface area contributed by atoms with Gasteiger partial charge in [-0.15, -0.1) is 0 Å². The zero-order valence-electron chi connectivity index (χ0n) is 20.9. The highest BCUT2D eigenvalue weighted by molar-refractivity contribution is 6.32. The molecule has 2 heterocycles. The minimum atomic E-state index is -0.810. The van der Waals surface area contributed by atoms with Gasteiger partial charge in [0.2, 0.25) is 5.91 Å². The molecular weight excluding hydrogens is 489 g/mol. The third kappa shape index (κ3) is 5.98. The molecule has 0 aromatic heterocycles. The Hall–Kier alpha value is -2.93. The smallest absolute Gasteiger partial charge is 0.231 e. The van der Waals surface area contributed by atoms with E-state index in [-0.39, 0.29) is 17.8 Å². The summed E-state index contributed by atoms with van der Waals surface area (Å²) in [6.45, 7) is 3.99. The average molecular weight is 522 g/mol. The van der Waals surface area contributed by atoms with Gasteiger partial charge in [0.05, 0.1) is 10.4 Å². The van der Waals surface area contributed by atoms with E-state index in [1.807, 2.05) is 48.5 Å². The molecule has 3 aromatic carbocycles. The number of hydrogen-bond donors (Lipinski definition) is 2. The maximum atomic E-state index is 14.8. The van der Waals surface area contributed by atoms with E-state index in [1.54, 1.807) is 12.1 Å². The topological polar surface area (TPSA) is 53.6 Å². The van der Waals surface area contributed by atoms with E-state index >= 15 is 0 Å². The molecule has 2 N–H and O–H groups in total. The zero-order valence-corrected chi connectivity index (χ0v) is 21.6. The van der Waals surface area contributed by atoms with Gasteiger partial charge in [-0.1, -0.05) is 54.1 Å². The van der Waals surface area contributed by atoms with Crippen molar-refractivity contribution in [3.63, 3.8) is 0 Å². The average Bonchev–Trinajstić information content (AvgIpc) is 2.92. The molecule has 2 aliphatic rings. The van der Waals surface area contributed by atoms with Gasteiger partial charge in [0.25, 0.3) is 0 Å². The minimum Gasteiger partial charge on any atom is -0.456 e. The lowest BCUT2D eigenvalue weighted by Gasteiger charge is -2.39. The fraction of sp³-hybridized carbons (Fsp3) is 0.367. The second-order valence-corrected chi connectivity index (χ2v) is 10.4. The van der Waals surface area contributed by atoms with Crippen LogP contribution in [-0.2, 0) is 16.8 Å². The summed E-state index contributed by atoms with van der Waals surface area (Å²) in [6, 6.07) is 22.3. The lowest BCUT2D eigenvalue weighted by molar-refractivity contribution is -0.129. The van der Waals surface area contributed by atoms with Gasteiger partial charge in [0.15, 0.2) is 0 Å². The number of carbonyl (C=O) groups is 1. The predicted octanol–water partition coefficient (Wildman–Crippen LogP) is 5.67. The number of amides is 1. The molecule has 0 saturated carbocycles. The summed E-state index contributed by atoms with van der Waals surface area (Å²) < 4.78 is 20.7. The van der Waals surface area contributed by atoms with Crippen molar-refractivity contribution in [3.05, 3.63) is 94.8 Å². The number of hydrogen-bond acceptors (Lipinski definition) is 4. The molecule has 0 atom stereocenters. The van der Waals surface area contributed by atoms with Crippen LogP contribution in [0, 0.1) is 5.82 Å². The molecule has 194 valence electrons. The maximum Gasteiger partial charge on any atom is 0.231 e. The first-order valence-electron chi connectivity index (χ1n) is 13.0. The molecule has 2 aliphatic heterocycles. The van der Waals surface area contributed by atoms with Crippen LogP contribution in [0.4, 0.5) is 4.39 Å². The second-order valence-electron chi connectivity index (χ2n) is 10.0. The standard InChI is InChI=1S/C30H33ClFN3O2/c31-26-9-2-4-11-28(26)37-24-7-5-6-22(20-24)21-35-18-12-23(13-19-35)34-29(36)30(14-16-33-17-15-30)25-8-1-3-10-27(25)32/h1-11,20,23,33H,12-19,21H2,(H,34,36). The van der Waals surface area contributed by atoms with Crippen molar-refractivity contribution >= 4 is 17.5 Å². The largest absolute Gasteiger partial charge is 0.456 e. The Morgan fingerprint density at radius 2 is 1.76 bits per heavy atom. The van der Waals surface area contributed by atoms with Crippen molar-refractivity contribution in [2.45, 2.75) is 43.7 Å².